The first kappa shape index (κ1) is 15.2. The Morgan fingerprint density at radius 3 is 2.33 bits per heavy atom. The van der Waals surface area contributed by atoms with Gasteiger partial charge in [0.25, 0.3) is 0 Å². The fraction of sp³-hybridized carbons (Fsp3) is 0.625. The quantitative estimate of drug-likeness (QED) is 0.810. The molecule has 0 heterocycles. The number of hydrogen-bond donors (Lipinski definition) is 2. The number of benzene rings is 1. The molecule has 1 aromatic carbocycles. The Labute approximate surface area is 111 Å². The van der Waals surface area contributed by atoms with E-state index in [9.17, 15) is 0 Å². The standard InChI is InChI=1S/C16H27NO/c1-11(2)16(8-9-18)17-14(5)15-7-6-12(3)10-13(15)4/h6-7,10-11,14,16-18H,8-9H2,1-5H3. The summed E-state index contributed by atoms with van der Waals surface area (Å²) in [6, 6.07) is 7.29. The van der Waals surface area contributed by atoms with Gasteiger partial charge in [-0.25, -0.2) is 0 Å². The Morgan fingerprint density at radius 1 is 1.17 bits per heavy atom. The predicted molar refractivity (Wildman–Crippen MR) is 77.8 cm³/mol. The molecule has 0 fully saturated rings. The van der Waals surface area contributed by atoms with Crippen molar-refractivity contribution in [2.24, 2.45) is 5.92 Å². The third kappa shape index (κ3) is 4.11. The number of aliphatic hydroxyl groups excluding tert-OH is 1. The fourth-order valence-electron chi connectivity index (χ4n) is 2.47. The van der Waals surface area contributed by atoms with Gasteiger partial charge in [0, 0.05) is 18.7 Å². The average Bonchev–Trinajstić information content (AvgIpc) is 2.27. The second-order valence-corrected chi connectivity index (χ2v) is 5.61. The van der Waals surface area contributed by atoms with Crippen LogP contribution in [0.2, 0.25) is 0 Å². The Bertz CT molecular complexity index is 373. The molecule has 1 aromatic rings. The Morgan fingerprint density at radius 2 is 1.83 bits per heavy atom. The molecular weight excluding hydrogens is 222 g/mol. The van der Waals surface area contributed by atoms with E-state index in [0.717, 1.165) is 6.42 Å². The van der Waals surface area contributed by atoms with E-state index in [1.54, 1.807) is 0 Å². The van der Waals surface area contributed by atoms with Crippen LogP contribution in [-0.4, -0.2) is 17.8 Å². The van der Waals surface area contributed by atoms with Gasteiger partial charge < -0.3 is 10.4 Å². The summed E-state index contributed by atoms with van der Waals surface area (Å²) in [6.45, 7) is 11.1. The average molecular weight is 249 g/mol. The molecule has 0 amide bonds. The minimum absolute atomic E-state index is 0.245. The van der Waals surface area contributed by atoms with E-state index in [2.05, 4.69) is 58.1 Å². The lowest BCUT2D eigenvalue weighted by molar-refractivity contribution is 0.237. The van der Waals surface area contributed by atoms with Crippen molar-refractivity contribution in [3.8, 4) is 0 Å². The van der Waals surface area contributed by atoms with Crippen molar-refractivity contribution in [1.29, 1.82) is 0 Å². The van der Waals surface area contributed by atoms with E-state index in [1.165, 1.54) is 16.7 Å². The van der Waals surface area contributed by atoms with Crippen LogP contribution in [0.4, 0.5) is 0 Å². The summed E-state index contributed by atoms with van der Waals surface area (Å²) in [5, 5.41) is 12.8. The van der Waals surface area contributed by atoms with Crippen molar-refractivity contribution in [3.63, 3.8) is 0 Å². The molecule has 0 radical (unpaired) electrons. The van der Waals surface area contributed by atoms with Crippen LogP contribution in [0.15, 0.2) is 18.2 Å². The van der Waals surface area contributed by atoms with Crippen LogP contribution in [0.25, 0.3) is 0 Å². The number of hydrogen-bond acceptors (Lipinski definition) is 2. The fourth-order valence-corrected chi connectivity index (χ4v) is 2.47. The highest BCUT2D eigenvalue weighted by molar-refractivity contribution is 5.32. The minimum atomic E-state index is 0.245. The summed E-state index contributed by atoms with van der Waals surface area (Å²) >= 11 is 0. The number of aryl methyl sites for hydroxylation is 2. The Kier molecular flexibility index (Phi) is 5.83. The van der Waals surface area contributed by atoms with Gasteiger partial charge in [-0.1, -0.05) is 37.6 Å². The first-order valence-electron chi connectivity index (χ1n) is 6.89. The third-order valence-corrected chi connectivity index (χ3v) is 3.60. The van der Waals surface area contributed by atoms with Gasteiger partial charge in [0.15, 0.2) is 0 Å². The van der Waals surface area contributed by atoms with Gasteiger partial charge >= 0.3 is 0 Å². The molecule has 0 saturated carbocycles. The number of aliphatic hydroxyl groups is 1. The second kappa shape index (κ2) is 6.91. The highest BCUT2D eigenvalue weighted by Gasteiger charge is 2.17. The molecule has 1 rings (SSSR count). The maximum absolute atomic E-state index is 9.12. The lowest BCUT2D eigenvalue weighted by Gasteiger charge is -2.27. The zero-order valence-corrected chi connectivity index (χ0v) is 12.3. The van der Waals surface area contributed by atoms with Crippen LogP contribution in [0.3, 0.4) is 0 Å². The van der Waals surface area contributed by atoms with Crippen molar-refractivity contribution < 1.29 is 5.11 Å². The van der Waals surface area contributed by atoms with Crippen LogP contribution in [0.1, 0.15) is 49.9 Å². The highest BCUT2D eigenvalue weighted by atomic mass is 16.3. The van der Waals surface area contributed by atoms with E-state index in [-0.39, 0.29) is 6.61 Å². The minimum Gasteiger partial charge on any atom is -0.396 e. The zero-order chi connectivity index (χ0) is 13.7. The van der Waals surface area contributed by atoms with E-state index in [1.807, 2.05) is 0 Å². The molecule has 2 nitrogen and oxygen atoms in total. The predicted octanol–water partition coefficient (Wildman–Crippen LogP) is 3.36. The summed E-state index contributed by atoms with van der Waals surface area (Å²) in [7, 11) is 0. The van der Waals surface area contributed by atoms with Crippen molar-refractivity contribution in [2.75, 3.05) is 6.61 Å². The summed E-state index contributed by atoms with van der Waals surface area (Å²) < 4.78 is 0. The van der Waals surface area contributed by atoms with Gasteiger partial charge in [-0.3, -0.25) is 0 Å². The topological polar surface area (TPSA) is 32.3 Å². The smallest absolute Gasteiger partial charge is 0.0445 e. The summed E-state index contributed by atoms with van der Waals surface area (Å²) in [5.74, 6) is 0.533. The molecule has 2 atom stereocenters. The van der Waals surface area contributed by atoms with Crippen molar-refractivity contribution in [1.82, 2.24) is 5.32 Å². The Balaban J connectivity index is 2.76. The maximum Gasteiger partial charge on any atom is 0.0445 e. The maximum atomic E-state index is 9.12. The second-order valence-electron chi connectivity index (χ2n) is 5.61. The molecular formula is C16H27NO. The molecule has 0 spiro atoms. The first-order chi connectivity index (χ1) is 8.45. The van der Waals surface area contributed by atoms with Crippen molar-refractivity contribution in [2.45, 2.75) is 53.1 Å². The van der Waals surface area contributed by atoms with Crippen LogP contribution >= 0.6 is 0 Å². The van der Waals surface area contributed by atoms with Crippen molar-refractivity contribution >= 4 is 0 Å². The molecule has 0 aromatic heterocycles. The van der Waals surface area contributed by atoms with Crippen LogP contribution in [0.5, 0.6) is 0 Å². The third-order valence-electron chi connectivity index (χ3n) is 3.60. The van der Waals surface area contributed by atoms with Gasteiger partial charge in [0.1, 0.15) is 0 Å². The molecule has 18 heavy (non-hydrogen) atoms. The number of nitrogens with one attached hydrogen (secondary N) is 1. The molecule has 2 heteroatoms. The zero-order valence-electron chi connectivity index (χ0n) is 12.3. The van der Waals surface area contributed by atoms with Crippen molar-refractivity contribution in [3.05, 3.63) is 34.9 Å². The van der Waals surface area contributed by atoms with Gasteiger partial charge in [-0.2, -0.15) is 0 Å². The van der Waals surface area contributed by atoms with Crippen LogP contribution in [-0.2, 0) is 0 Å². The monoisotopic (exact) mass is 249 g/mol. The lowest BCUT2D eigenvalue weighted by atomic mass is 9.96. The normalized spacial score (nSPS) is 14.8. The summed E-state index contributed by atoms with van der Waals surface area (Å²) in [4.78, 5) is 0. The molecule has 0 aliphatic rings. The molecule has 102 valence electrons. The first-order valence-corrected chi connectivity index (χ1v) is 6.89. The molecule has 2 unspecified atom stereocenters. The molecule has 0 aliphatic heterocycles. The lowest BCUT2D eigenvalue weighted by Crippen LogP contribution is -2.36. The van der Waals surface area contributed by atoms with Gasteiger partial charge in [-0.05, 0) is 44.2 Å². The van der Waals surface area contributed by atoms with Crippen LogP contribution < -0.4 is 5.32 Å². The molecule has 0 saturated heterocycles. The molecule has 2 N–H and O–H groups in total. The molecule has 0 aliphatic carbocycles. The van der Waals surface area contributed by atoms with Crippen LogP contribution in [0, 0.1) is 19.8 Å². The summed E-state index contributed by atoms with van der Waals surface area (Å²) in [6.07, 6.45) is 0.812. The molecule has 0 bridgehead atoms. The largest absolute Gasteiger partial charge is 0.396 e. The van der Waals surface area contributed by atoms with E-state index < -0.39 is 0 Å². The van der Waals surface area contributed by atoms with Gasteiger partial charge in [0.2, 0.25) is 0 Å². The van der Waals surface area contributed by atoms with E-state index in [0.29, 0.717) is 18.0 Å². The summed E-state index contributed by atoms with van der Waals surface area (Å²) in [5.41, 5.74) is 3.99. The van der Waals surface area contributed by atoms with E-state index >= 15 is 0 Å². The Hall–Kier alpha value is -0.860. The van der Waals surface area contributed by atoms with Gasteiger partial charge in [-0.15, -0.1) is 0 Å². The van der Waals surface area contributed by atoms with Gasteiger partial charge in [0.05, 0.1) is 0 Å². The highest BCUT2D eigenvalue weighted by Crippen LogP contribution is 2.20. The SMILES string of the molecule is Cc1ccc(C(C)NC(CCO)C(C)C)c(C)c1. The van der Waals surface area contributed by atoms with E-state index in [4.69, 9.17) is 5.11 Å². The number of rotatable bonds is 6.